The minimum absolute atomic E-state index is 0.0968. The third-order valence-corrected chi connectivity index (χ3v) is 6.87. The second kappa shape index (κ2) is 10.7. The predicted molar refractivity (Wildman–Crippen MR) is 129 cm³/mol. The topological polar surface area (TPSA) is 87.2 Å². The summed E-state index contributed by atoms with van der Waals surface area (Å²) in [7, 11) is 0. The maximum Gasteiger partial charge on any atom is 0.573 e. The number of anilines is 1. The molecule has 0 bridgehead atoms. The van der Waals surface area contributed by atoms with Gasteiger partial charge in [-0.2, -0.15) is 0 Å². The van der Waals surface area contributed by atoms with Crippen LogP contribution >= 0.6 is 0 Å². The second-order valence-electron chi connectivity index (χ2n) is 9.14. The first-order valence-electron chi connectivity index (χ1n) is 12.0. The molecule has 1 aliphatic carbocycles. The zero-order chi connectivity index (χ0) is 26.7. The maximum atomic E-state index is 13.7. The smallest absolute Gasteiger partial charge is 0.481 e. The zero-order valence-electron chi connectivity index (χ0n) is 20.0. The number of carboxylic acids is 1. The lowest BCUT2D eigenvalue weighted by molar-refractivity contribution is -0.274. The summed E-state index contributed by atoms with van der Waals surface area (Å²) in [5, 5.41) is 9.07. The van der Waals surface area contributed by atoms with E-state index in [1.807, 2.05) is 12.1 Å². The summed E-state index contributed by atoms with van der Waals surface area (Å²) in [5.74, 6) is -2.22. The van der Waals surface area contributed by atoms with Gasteiger partial charge in [0.15, 0.2) is 0 Å². The number of amides is 2. The van der Waals surface area contributed by atoms with Crippen molar-refractivity contribution in [1.29, 1.82) is 0 Å². The van der Waals surface area contributed by atoms with E-state index in [4.69, 9.17) is 5.11 Å². The fourth-order valence-electron chi connectivity index (χ4n) is 5.49. The maximum absolute atomic E-state index is 13.7. The molecule has 196 valence electrons. The molecule has 1 aliphatic heterocycles. The number of para-hydroxylation sites is 1. The molecule has 2 amide bonds. The lowest BCUT2D eigenvalue weighted by Gasteiger charge is -2.47. The number of ether oxygens (including phenoxy) is 1. The van der Waals surface area contributed by atoms with E-state index in [1.54, 1.807) is 28.0 Å². The highest BCUT2D eigenvalue weighted by atomic mass is 19.4. The molecule has 2 aromatic rings. The zero-order valence-corrected chi connectivity index (χ0v) is 20.0. The van der Waals surface area contributed by atoms with Gasteiger partial charge in [-0.3, -0.25) is 14.4 Å². The first-order valence-corrected chi connectivity index (χ1v) is 12.0. The number of carboxylic acid groups (broad SMARTS) is 1. The van der Waals surface area contributed by atoms with E-state index in [1.165, 1.54) is 12.1 Å². The van der Waals surface area contributed by atoms with Gasteiger partial charge in [-0.1, -0.05) is 30.7 Å². The van der Waals surface area contributed by atoms with Gasteiger partial charge in [-0.05, 0) is 48.7 Å². The Hall–Kier alpha value is -3.82. The average Bonchev–Trinajstić information content (AvgIpc) is 3.33. The van der Waals surface area contributed by atoms with Crippen molar-refractivity contribution in [3.8, 4) is 5.75 Å². The number of aliphatic carboxylic acids is 1. The van der Waals surface area contributed by atoms with Gasteiger partial charge in [0.2, 0.25) is 5.91 Å². The highest BCUT2D eigenvalue weighted by Crippen LogP contribution is 2.50. The van der Waals surface area contributed by atoms with Crippen LogP contribution in [0, 0.1) is 5.92 Å². The van der Waals surface area contributed by atoms with Crippen LogP contribution in [-0.2, 0) is 9.59 Å². The first-order chi connectivity index (χ1) is 17.6. The molecule has 0 spiro atoms. The molecule has 1 saturated carbocycles. The third-order valence-electron chi connectivity index (χ3n) is 6.87. The summed E-state index contributed by atoms with van der Waals surface area (Å²) in [6.07, 6.45) is -1.38. The lowest BCUT2D eigenvalue weighted by Crippen LogP contribution is -2.52. The van der Waals surface area contributed by atoms with Crippen LogP contribution in [0.15, 0.2) is 61.2 Å². The fraction of sp³-hybridized carbons (Fsp3) is 0.370. The van der Waals surface area contributed by atoms with Crippen molar-refractivity contribution in [2.45, 2.75) is 50.6 Å². The van der Waals surface area contributed by atoms with E-state index >= 15 is 0 Å². The van der Waals surface area contributed by atoms with Crippen LogP contribution in [0.3, 0.4) is 0 Å². The van der Waals surface area contributed by atoms with Gasteiger partial charge in [0.05, 0.1) is 12.5 Å². The Morgan fingerprint density at radius 1 is 1.08 bits per heavy atom. The molecule has 2 aliphatic rings. The normalized spacial score (nSPS) is 20.5. The minimum Gasteiger partial charge on any atom is -0.481 e. The van der Waals surface area contributed by atoms with Gasteiger partial charge < -0.3 is 19.6 Å². The van der Waals surface area contributed by atoms with Gasteiger partial charge in [0, 0.05) is 36.2 Å². The molecular formula is C27H27F3N2O5. The van der Waals surface area contributed by atoms with Crippen molar-refractivity contribution >= 4 is 23.5 Å². The highest BCUT2D eigenvalue weighted by Gasteiger charge is 2.48. The number of halogens is 3. The summed E-state index contributed by atoms with van der Waals surface area (Å²) in [6.45, 7) is 4.00. The molecule has 7 nitrogen and oxygen atoms in total. The van der Waals surface area contributed by atoms with Crippen LogP contribution in [0.25, 0.3) is 0 Å². The van der Waals surface area contributed by atoms with E-state index < -0.39 is 18.1 Å². The molecule has 10 heteroatoms. The Labute approximate surface area is 212 Å². The van der Waals surface area contributed by atoms with Crippen molar-refractivity contribution in [2.75, 3.05) is 11.4 Å². The molecule has 0 radical (unpaired) electrons. The van der Waals surface area contributed by atoms with E-state index in [9.17, 15) is 27.6 Å². The number of alkyl halides is 3. The van der Waals surface area contributed by atoms with Crippen LogP contribution < -0.4 is 9.64 Å². The average molecular weight is 517 g/mol. The van der Waals surface area contributed by atoms with Gasteiger partial charge >= 0.3 is 12.3 Å². The molecular weight excluding hydrogens is 489 g/mol. The highest BCUT2D eigenvalue weighted by molar-refractivity contribution is 6.07. The monoisotopic (exact) mass is 516 g/mol. The van der Waals surface area contributed by atoms with Crippen molar-refractivity contribution in [2.24, 2.45) is 5.92 Å². The van der Waals surface area contributed by atoms with E-state index in [0.29, 0.717) is 12.1 Å². The number of nitrogens with zero attached hydrogens (tertiary/aromatic N) is 2. The van der Waals surface area contributed by atoms with Crippen LogP contribution in [0.1, 0.15) is 54.1 Å². The number of carbonyl (C=O) groups is 3. The molecule has 3 atom stereocenters. The molecule has 2 aromatic carbocycles. The summed E-state index contributed by atoms with van der Waals surface area (Å²) in [4.78, 5) is 41.3. The first kappa shape index (κ1) is 26.2. The van der Waals surface area contributed by atoms with Crippen molar-refractivity contribution in [3.63, 3.8) is 0 Å². The van der Waals surface area contributed by atoms with E-state index in [0.717, 1.165) is 30.5 Å². The molecule has 37 heavy (non-hydrogen) atoms. The summed E-state index contributed by atoms with van der Waals surface area (Å²) >= 11 is 0. The summed E-state index contributed by atoms with van der Waals surface area (Å²) < 4.78 is 41.6. The standard InChI is InChI=1S/C27H27F3N2O5/c1-2-16-31(23(33)14-15-24(34)35)25-19-6-3-4-8-21(19)32(22-9-5-7-20(22)25)26(36)17-10-12-18(13-11-17)37-27(28,29)30/h2-4,6,8,10-13,20,22,25H,1,5,7,9,14-16H2,(H,34,35)/t20-,22+,25-/m0/s1. The predicted octanol–water partition coefficient (Wildman–Crippen LogP) is 5.33. The molecule has 0 unspecified atom stereocenters. The SMILES string of the molecule is C=CCN(C(=O)CCC(=O)O)[C@H]1c2ccccc2N(C(=O)c2ccc(OC(F)(F)F)cc2)[C@@H]2CCC[C@@H]21. The van der Waals surface area contributed by atoms with E-state index in [-0.39, 0.29) is 54.8 Å². The fourth-order valence-corrected chi connectivity index (χ4v) is 5.49. The Balaban J connectivity index is 1.70. The Bertz CT molecular complexity index is 1180. The third kappa shape index (κ3) is 5.63. The lowest BCUT2D eigenvalue weighted by atomic mass is 9.81. The molecule has 0 aromatic heterocycles. The van der Waals surface area contributed by atoms with Crippen molar-refractivity contribution in [3.05, 3.63) is 72.3 Å². The Kier molecular flexibility index (Phi) is 7.56. The number of hydrogen-bond acceptors (Lipinski definition) is 4. The Morgan fingerprint density at radius 2 is 1.78 bits per heavy atom. The quantitative estimate of drug-likeness (QED) is 0.479. The van der Waals surface area contributed by atoms with Gasteiger partial charge in [-0.15, -0.1) is 19.8 Å². The molecule has 1 fully saturated rings. The number of benzene rings is 2. The van der Waals surface area contributed by atoms with Gasteiger partial charge in [0.1, 0.15) is 5.75 Å². The Morgan fingerprint density at radius 3 is 2.43 bits per heavy atom. The van der Waals surface area contributed by atoms with Crippen LogP contribution in [0.4, 0.5) is 18.9 Å². The number of fused-ring (bicyclic) bond motifs is 2. The number of rotatable bonds is 8. The summed E-state index contributed by atoms with van der Waals surface area (Å²) in [6, 6.07) is 11.5. The molecule has 1 N–H and O–H groups in total. The number of carbonyl (C=O) groups excluding carboxylic acids is 2. The van der Waals surface area contributed by atoms with Crippen LogP contribution in [0.5, 0.6) is 5.75 Å². The molecule has 1 heterocycles. The molecule has 4 rings (SSSR count). The van der Waals surface area contributed by atoms with Crippen LogP contribution in [0.2, 0.25) is 0 Å². The minimum atomic E-state index is -4.83. The number of hydrogen-bond donors (Lipinski definition) is 1. The van der Waals surface area contributed by atoms with Crippen molar-refractivity contribution < 1.29 is 37.4 Å². The second-order valence-corrected chi connectivity index (χ2v) is 9.14. The molecule has 0 saturated heterocycles. The largest absolute Gasteiger partial charge is 0.573 e. The van der Waals surface area contributed by atoms with Gasteiger partial charge in [0.25, 0.3) is 5.91 Å². The van der Waals surface area contributed by atoms with E-state index in [2.05, 4.69) is 11.3 Å². The summed E-state index contributed by atoms with van der Waals surface area (Å²) in [5.41, 5.74) is 1.60. The van der Waals surface area contributed by atoms with Gasteiger partial charge in [-0.25, -0.2) is 0 Å². The van der Waals surface area contributed by atoms with Crippen LogP contribution in [-0.4, -0.2) is 46.7 Å². The van der Waals surface area contributed by atoms with Crippen molar-refractivity contribution in [1.82, 2.24) is 4.90 Å².